The molecule has 12 heavy (non-hydrogen) atoms. The molecular weight excluding hydrogens is 178 g/mol. The summed E-state index contributed by atoms with van der Waals surface area (Å²) in [7, 11) is -0.417. The zero-order chi connectivity index (χ0) is 7.52. The van der Waals surface area contributed by atoms with E-state index in [2.05, 4.69) is 10.2 Å². The summed E-state index contributed by atoms with van der Waals surface area (Å²) in [5.41, 5.74) is 0. The van der Waals surface area contributed by atoms with Crippen molar-refractivity contribution in [2.75, 3.05) is 0 Å². The van der Waals surface area contributed by atoms with Gasteiger partial charge in [-0.3, -0.25) is 0 Å². The summed E-state index contributed by atoms with van der Waals surface area (Å²) in [5, 5.41) is 8.20. The zero-order valence-electron chi connectivity index (χ0n) is 7.25. The molecule has 2 heterocycles. The third-order valence-corrected chi connectivity index (χ3v) is 1.68. The molecule has 56 valence electrons. The molecule has 0 unspecified atom stereocenters. The van der Waals surface area contributed by atoms with Gasteiger partial charge in [0.05, 0.1) is 0 Å². The van der Waals surface area contributed by atoms with Gasteiger partial charge >= 0.3 is 51.4 Å². The summed E-state index contributed by atoms with van der Waals surface area (Å²) in [4.78, 5) is 0. The van der Waals surface area contributed by atoms with Crippen molar-refractivity contribution in [2.45, 2.75) is 0 Å². The van der Waals surface area contributed by atoms with Crippen molar-refractivity contribution in [3.63, 3.8) is 0 Å². The molecule has 0 saturated heterocycles. The zero-order valence-corrected chi connectivity index (χ0v) is 10.4. The molecule has 0 fully saturated rings. The monoisotopic (exact) mass is 186 g/mol. The van der Waals surface area contributed by atoms with Crippen molar-refractivity contribution in [3.8, 4) is 0 Å². The van der Waals surface area contributed by atoms with Gasteiger partial charge in [0.2, 0.25) is 0 Å². The van der Waals surface area contributed by atoms with E-state index in [-0.39, 0.29) is 51.4 Å². The van der Waals surface area contributed by atoms with E-state index in [1.54, 1.807) is 12.4 Å². The van der Waals surface area contributed by atoms with Crippen molar-refractivity contribution in [1.29, 1.82) is 0 Å². The average molecular weight is 186 g/mol. The van der Waals surface area contributed by atoms with Gasteiger partial charge in [0.25, 0.3) is 0 Å². The molecule has 0 saturated carbocycles. The second-order valence-corrected chi connectivity index (χ2v) is 2.56. The molecule has 0 aliphatic rings. The molecule has 0 bridgehead atoms. The first kappa shape index (κ1) is 10.2. The van der Waals surface area contributed by atoms with Crippen LogP contribution in [0.5, 0.6) is 0 Å². The van der Waals surface area contributed by atoms with Crippen molar-refractivity contribution in [1.82, 2.24) is 19.4 Å². The second kappa shape index (κ2) is 4.98. The minimum atomic E-state index is -0.417. The topological polar surface area (TPSA) is 35.6 Å². The Bertz CT molecular complexity index is 272. The number of rotatable bonds is 2. The first-order chi connectivity index (χ1) is 5.45. The Kier molecular flexibility index (Phi) is 4.24. The van der Waals surface area contributed by atoms with Gasteiger partial charge in [0.15, 0.2) is 7.55 Å². The standard InChI is InChI=1S/C6H8BN4.K/c1-3-8-10(5-1)7-11-6-2-4-9-11;/h1-6H,7H2;/q-1;+1. The summed E-state index contributed by atoms with van der Waals surface area (Å²) in [6, 6.07) is 3.85. The van der Waals surface area contributed by atoms with Crippen LogP contribution < -0.4 is 51.4 Å². The molecule has 2 rings (SSSR count). The third kappa shape index (κ3) is 2.56. The molecule has 2 aromatic heterocycles. The van der Waals surface area contributed by atoms with Gasteiger partial charge in [-0.25, -0.2) is 10.2 Å². The maximum Gasteiger partial charge on any atom is 1.00 e. The van der Waals surface area contributed by atoms with Crippen molar-refractivity contribution >= 4 is 7.55 Å². The van der Waals surface area contributed by atoms with Crippen LogP contribution in [-0.2, 0) is 0 Å². The molecular formula is C6H8BKN4. The van der Waals surface area contributed by atoms with Crippen molar-refractivity contribution in [3.05, 3.63) is 36.9 Å². The molecule has 6 heteroatoms. The summed E-state index contributed by atoms with van der Waals surface area (Å²) in [6.45, 7) is 0. The van der Waals surface area contributed by atoms with E-state index in [0.717, 1.165) is 0 Å². The smallest absolute Gasteiger partial charge is 0.429 e. The fourth-order valence-corrected chi connectivity index (χ4v) is 1.14. The number of aromatic nitrogens is 4. The van der Waals surface area contributed by atoms with Crippen LogP contribution in [0.15, 0.2) is 36.9 Å². The van der Waals surface area contributed by atoms with Crippen molar-refractivity contribution < 1.29 is 51.4 Å². The van der Waals surface area contributed by atoms with E-state index in [1.165, 1.54) is 0 Å². The van der Waals surface area contributed by atoms with Gasteiger partial charge in [0.1, 0.15) is 0 Å². The van der Waals surface area contributed by atoms with Crippen LogP contribution in [0.2, 0.25) is 0 Å². The number of hydrogen-bond acceptors (Lipinski definition) is 2. The van der Waals surface area contributed by atoms with Crippen LogP contribution in [0, 0.1) is 0 Å². The normalized spacial score (nSPS) is 9.33. The average Bonchev–Trinajstić information content (AvgIpc) is 2.60. The Balaban J connectivity index is 0.000000720. The molecule has 0 aromatic carbocycles. The first-order valence-electron chi connectivity index (χ1n) is 3.66. The maximum absolute atomic E-state index is 4.10. The van der Waals surface area contributed by atoms with Gasteiger partial charge in [-0.1, -0.05) is 0 Å². The van der Waals surface area contributed by atoms with Crippen LogP contribution >= 0.6 is 0 Å². The fraction of sp³-hybridized carbons (Fsp3) is 0. The molecule has 0 amide bonds. The van der Waals surface area contributed by atoms with Crippen LogP contribution in [0.1, 0.15) is 0 Å². The SMILES string of the molecule is [BH2-](n1cccn1)n1cccn1.[K+]. The van der Waals surface area contributed by atoms with Crippen LogP contribution in [-0.4, -0.2) is 26.9 Å². The van der Waals surface area contributed by atoms with E-state index in [0.29, 0.717) is 0 Å². The predicted molar refractivity (Wildman–Crippen MR) is 43.8 cm³/mol. The Morgan fingerprint density at radius 2 is 1.42 bits per heavy atom. The van der Waals surface area contributed by atoms with E-state index in [9.17, 15) is 0 Å². The van der Waals surface area contributed by atoms with Gasteiger partial charge in [-0.05, 0) is 24.5 Å². The summed E-state index contributed by atoms with van der Waals surface area (Å²) < 4.78 is 3.88. The van der Waals surface area contributed by atoms with Gasteiger partial charge in [-0.2, -0.15) is 0 Å². The van der Waals surface area contributed by atoms with Crippen molar-refractivity contribution in [2.24, 2.45) is 0 Å². The Morgan fingerprint density at radius 3 is 1.75 bits per heavy atom. The number of hydrogen-bond donors (Lipinski definition) is 0. The van der Waals surface area contributed by atoms with E-state index >= 15 is 0 Å². The van der Waals surface area contributed by atoms with Gasteiger partial charge < -0.3 is 9.19 Å². The third-order valence-electron chi connectivity index (χ3n) is 1.68. The van der Waals surface area contributed by atoms with Gasteiger partial charge in [-0.15, -0.1) is 0 Å². The van der Waals surface area contributed by atoms with E-state index in [4.69, 9.17) is 0 Å². The molecule has 0 spiro atoms. The Labute approximate surface area is 114 Å². The largest absolute Gasteiger partial charge is 1.00 e. The van der Waals surface area contributed by atoms with Crippen LogP contribution in [0.3, 0.4) is 0 Å². The Hall–Kier alpha value is 0.121. The second-order valence-electron chi connectivity index (χ2n) is 2.56. The molecule has 0 aliphatic carbocycles. The fourth-order valence-electron chi connectivity index (χ4n) is 1.14. The summed E-state index contributed by atoms with van der Waals surface area (Å²) >= 11 is 0. The van der Waals surface area contributed by atoms with Gasteiger partial charge in [0, 0.05) is 12.4 Å². The predicted octanol–water partition coefficient (Wildman–Crippen LogP) is -3.52. The van der Waals surface area contributed by atoms with Crippen LogP contribution in [0.4, 0.5) is 0 Å². The minimum Gasteiger partial charge on any atom is -0.429 e. The molecule has 0 atom stereocenters. The van der Waals surface area contributed by atoms with Crippen LogP contribution in [0.25, 0.3) is 0 Å². The number of nitrogens with zero attached hydrogens (tertiary/aromatic N) is 4. The Morgan fingerprint density at radius 1 is 0.917 bits per heavy atom. The molecule has 0 aliphatic heterocycles. The molecule has 0 radical (unpaired) electrons. The molecule has 2 aromatic rings. The minimum absolute atomic E-state index is 0. The molecule has 0 N–H and O–H groups in total. The quantitative estimate of drug-likeness (QED) is 0.456. The first-order valence-corrected chi connectivity index (χ1v) is 3.66. The summed E-state index contributed by atoms with van der Waals surface area (Å²) in [5.74, 6) is 0. The van der Waals surface area contributed by atoms with E-state index < -0.39 is 7.55 Å². The summed E-state index contributed by atoms with van der Waals surface area (Å²) in [6.07, 6.45) is 7.49. The van der Waals surface area contributed by atoms with E-state index in [1.807, 2.05) is 33.7 Å². The maximum atomic E-state index is 4.10. The molecule has 4 nitrogen and oxygen atoms in total.